The van der Waals surface area contributed by atoms with E-state index in [1.54, 1.807) is 4.90 Å². The Bertz CT molecular complexity index is 847. The van der Waals surface area contributed by atoms with Gasteiger partial charge in [-0.1, -0.05) is 38.1 Å². The van der Waals surface area contributed by atoms with Crippen molar-refractivity contribution in [2.24, 2.45) is 0 Å². The quantitative estimate of drug-likeness (QED) is 0.853. The second-order valence-electron chi connectivity index (χ2n) is 8.48. The van der Waals surface area contributed by atoms with E-state index < -0.39 is 0 Å². The second kappa shape index (κ2) is 7.54. The molecule has 2 unspecified atom stereocenters. The van der Waals surface area contributed by atoms with E-state index in [2.05, 4.69) is 58.6 Å². The number of ether oxygens (including phenoxy) is 1. The van der Waals surface area contributed by atoms with Gasteiger partial charge in [0.05, 0.1) is 13.2 Å². The van der Waals surface area contributed by atoms with E-state index in [0.717, 1.165) is 18.7 Å². The Morgan fingerprint density at radius 3 is 3.00 bits per heavy atom. The molecule has 0 bridgehead atoms. The van der Waals surface area contributed by atoms with Gasteiger partial charge in [0.1, 0.15) is 11.9 Å². The number of aryl methyl sites for hydroxylation is 1. The zero-order chi connectivity index (χ0) is 19.7. The van der Waals surface area contributed by atoms with Crippen LogP contribution in [0.2, 0.25) is 0 Å². The van der Waals surface area contributed by atoms with Crippen LogP contribution in [0, 0.1) is 6.92 Å². The molecule has 1 saturated heterocycles. The van der Waals surface area contributed by atoms with Crippen LogP contribution in [-0.4, -0.2) is 52.4 Å². The summed E-state index contributed by atoms with van der Waals surface area (Å²) in [5.41, 5.74) is 2.98. The highest BCUT2D eigenvalue weighted by molar-refractivity contribution is 5.74. The fourth-order valence-corrected chi connectivity index (χ4v) is 4.32. The average molecular weight is 383 g/mol. The van der Waals surface area contributed by atoms with Crippen molar-refractivity contribution in [1.82, 2.24) is 25.4 Å². The van der Waals surface area contributed by atoms with E-state index in [-0.39, 0.29) is 17.6 Å². The summed E-state index contributed by atoms with van der Waals surface area (Å²) >= 11 is 0. The number of urea groups is 1. The predicted molar refractivity (Wildman–Crippen MR) is 106 cm³/mol. The lowest BCUT2D eigenvalue weighted by Crippen LogP contribution is -2.48. The van der Waals surface area contributed by atoms with E-state index >= 15 is 0 Å². The standard InChI is InChI=1S/C21H29N5O2/c1-14-23-19(25-24-14)18-13-26(10-11-28-18)20(27)22-12-15-8-9-21(2,3)17-7-5-4-6-16(15)17/h4-7,15,18H,8-13H2,1-3H3,(H,22,27)(H,23,24,25). The topological polar surface area (TPSA) is 83.1 Å². The Morgan fingerprint density at radius 2 is 2.21 bits per heavy atom. The van der Waals surface area contributed by atoms with Crippen molar-refractivity contribution < 1.29 is 9.53 Å². The zero-order valence-corrected chi connectivity index (χ0v) is 16.9. The number of carbonyl (C=O) groups is 1. The summed E-state index contributed by atoms with van der Waals surface area (Å²) in [7, 11) is 0. The normalized spacial score (nSPS) is 23.9. The monoisotopic (exact) mass is 383 g/mol. The number of amides is 2. The first-order chi connectivity index (χ1) is 13.4. The summed E-state index contributed by atoms with van der Waals surface area (Å²) in [4.78, 5) is 18.9. The second-order valence-corrected chi connectivity index (χ2v) is 8.48. The van der Waals surface area contributed by atoms with Crippen LogP contribution in [-0.2, 0) is 10.2 Å². The van der Waals surface area contributed by atoms with Gasteiger partial charge in [-0.2, -0.15) is 5.10 Å². The van der Waals surface area contributed by atoms with Gasteiger partial charge in [-0.3, -0.25) is 5.10 Å². The Balaban J connectivity index is 1.38. The van der Waals surface area contributed by atoms with Gasteiger partial charge in [0, 0.05) is 19.0 Å². The first-order valence-electron chi connectivity index (χ1n) is 10.1. The summed E-state index contributed by atoms with van der Waals surface area (Å²) in [5.74, 6) is 1.72. The SMILES string of the molecule is Cc1nc(C2CN(C(=O)NCC3CCC(C)(C)c4ccccc43)CCO2)n[nH]1. The number of H-pyrrole nitrogens is 1. The van der Waals surface area contributed by atoms with Crippen molar-refractivity contribution >= 4 is 6.03 Å². The third-order valence-electron chi connectivity index (χ3n) is 6.00. The number of fused-ring (bicyclic) bond motifs is 1. The van der Waals surface area contributed by atoms with Crippen molar-refractivity contribution in [1.29, 1.82) is 0 Å². The first-order valence-corrected chi connectivity index (χ1v) is 10.1. The zero-order valence-electron chi connectivity index (χ0n) is 16.9. The minimum absolute atomic E-state index is 0.0390. The predicted octanol–water partition coefficient (Wildman–Crippen LogP) is 3.05. The lowest BCUT2D eigenvalue weighted by molar-refractivity contribution is -0.0198. The smallest absolute Gasteiger partial charge is 0.317 e. The molecule has 2 heterocycles. The molecular weight excluding hydrogens is 354 g/mol. The first kappa shape index (κ1) is 18.9. The van der Waals surface area contributed by atoms with Gasteiger partial charge in [-0.05, 0) is 36.3 Å². The summed E-state index contributed by atoms with van der Waals surface area (Å²) in [5, 5.41) is 10.2. The van der Waals surface area contributed by atoms with Crippen LogP contribution < -0.4 is 5.32 Å². The maximum Gasteiger partial charge on any atom is 0.317 e. The van der Waals surface area contributed by atoms with E-state index in [0.29, 0.717) is 38.0 Å². The number of aromatic amines is 1. The molecule has 150 valence electrons. The molecule has 0 saturated carbocycles. The summed E-state index contributed by atoms with van der Waals surface area (Å²) < 4.78 is 5.75. The molecule has 2 atom stereocenters. The van der Waals surface area contributed by atoms with Gasteiger partial charge in [-0.25, -0.2) is 9.78 Å². The number of hydrogen-bond acceptors (Lipinski definition) is 4. The molecule has 1 aliphatic carbocycles. The minimum atomic E-state index is -0.277. The van der Waals surface area contributed by atoms with Crippen LogP contribution >= 0.6 is 0 Å². The van der Waals surface area contributed by atoms with Crippen molar-refractivity contribution in [2.45, 2.75) is 51.0 Å². The number of hydrogen-bond donors (Lipinski definition) is 2. The van der Waals surface area contributed by atoms with Gasteiger partial charge < -0.3 is 15.0 Å². The Kier molecular flexibility index (Phi) is 5.10. The Labute approximate surface area is 165 Å². The van der Waals surface area contributed by atoms with Gasteiger partial charge in [0.2, 0.25) is 0 Å². The van der Waals surface area contributed by atoms with Gasteiger partial charge >= 0.3 is 6.03 Å². The summed E-state index contributed by atoms with van der Waals surface area (Å²) in [6.07, 6.45) is 1.95. The molecule has 2 aliphatic rings. The highest BCUT2D eigenvalue weighted by atomic mass is 16.5. The fraction of sp³-hybridized carbons (Fsp3) is 0.571. The largest absolute Gasteiger partial charge is 0.366 e. The maximum atomic E-state index is 12.8. The molecule has 1 fully saturated rings. The lowest BCUT2D eigenvalue weighted by atomic mass is 9.69. The van der Waals surface area contributed by atoms with E-state index in [1.807, 2.05) is 6.92 Å². The number of nitrogens with one attached hydrogen (secondary N) is 2. The number of nitrogens with zero attached hydrogens (tertiary/aromatic N) is 3. The van der Waals surface area contributed by atoms with Crippen molar-refractivity contribution in [3.8, 4) is 0 Å². The van der Waals surface area contributed by atoms with E-state index in [4.69, 9.17) is 4.74 Å². The fourth-order valence-electron chi connectivity index (χ4n) is 4.32. The van der Waals surface area contributed by atoms with Crippen LogP contribution in [0.25, 0.3) is 0 Å². The molecule has 0 radical (unpaired) electrons. The van der Waals surface area contributed by atoms with Gasteiger partial charge in [-0.15, -0.1) is 0 Å². The highest BCUT2D eigenvalue weighted by Gasteiger charge is 2.33. The third kappa shape index (κ3) is 3.76. The third-order valence-corrected chi connectivity index (χ3v) is 6.00. The van der Waals surface area contributed by atoms with Gasteiger partial charge in [0.15, 0.2) is 5.82 Å². The Hall–Kier alpha value is -2.41. The van der Waals surface area contributed by atoms with Crippen molar-refractivity contribution in [3.63, 3.8) is 0 Å². The van der Waals surface area contributed by atoms with E-state index in [1.165, 1.54) is 11.1 Å². The molecule has 7 heteroatoms. The molecular formula is C21H29N5O2. The highest BCUT2D eigenvalue weighted by Crippen LogP contribution is 2.42. The number of carbonyl (C=O) groups excluding carboxylic acids is 1. The molecule has 2 aromatic rings. The molecule has 0 spiro atoms. The number of aromatic nitrogens is 3. The summed E-state index contributed by atoms with van der Waals surface area (Å²) in [6.45, 7) is 8.67. The van der Waals surface area contributed by atoms with Crippen LogP contribution in [0.5, 0.6) is 0 Å². The minimum Gasteiger partial charge on any atom is -0.366 e. The molecule has 2 N–H and O–H groups in total. The van der Waals surface area contributed by atoms with Crippen LogP contribution in [0.1, 0.15) is 61.5 Å². The summed E-state index contributed by atoms with van der Waals surface area (Å²) in [6, 6.07) is 8.61. The molecule has 4 rings (SSSR count). The Morgan fingerprint density at radius 1 is 1.39 bits per heavy atom. The molecule has 1 aromatic heterocycles. The molecule has 28 heavy (non-hydrogen) atoms. The molecule has 2 amide bonds. The number of morpholine rings is 1. The van der Waals surface area contributed by atoms with Gasteiger partial charge in [0.25, 0.3) is 0 Å². The molecule has 1 aromatic carbocycles. The average Bonchev–Trinajstić information content (AvgIpc) is 3.14. The molecule has 1 aliphatic heterocycles. The molecule has 7 nitrogen and oxygen atoms in total. The maximum absolute atomic E-state index is 12.8. The van der Waals surface area contributed by atoms with Crippen LogP contribution in [0.15, 0.2) is 24.3 Å². The lowest BCUT2D eigenvalue weighted by Gasteiger charge is -2.37. The number of rotatable bonds is 3. The van der Waals surface area contributed by atoms with Crippen LogP contribution in [0.4, 0.5) is 4.79 Å². The van der Waals surface area contributed by atoms with Crippen molar-refractivity contribution in [3.05, 3.63) is 47.0 Å². The van der Waals surface area contributed by atoms with Crippen LogP contribution in [0.3, 0.4) is 0 Å². The van der Waals surface area contributed by atoms with E-state index in [9.17, 15) is 4.79 Å². The number of benzene rings is 1. The van der Waals surface area contributed by atoms with Crippen molar-refractivity contribution in [2.75, 3.05) is 26.2 Å².